The van der Waals surface area contributed by atoms with E-state index < -0.39 is 0 Å². The monoisotopic (exact) mass is 166 g/mol. The highest BCUT2D eigenvalue weighted by Crippen LogP contribution is 2.08. The molecule has 0 fully saturated rings. The second-order valence-electron chi connectivity index (χ2n) is 3.20. The van der Waals surface area contributed by atoms with E-state index in [1.54, 1.807) is 7.11 Å². The summed E-state index contributed by atoms with van der Waals surface area (Å²) < 4.78 is 4.75. The van der Waals surface area contributed by atoms with E-state index in [-0.39, 0.29) is 5.41 Å². The second-order valence-corrected chi connectivity index (χ2v) is 3.20. The van der Waals surface area contributed by atoms with E-state index in [0.717, 1.165) is 0 Å². The molecule has 0 saturated carbocycles. The van der Waals surface area contributed by atoms with Gasteiger partial charge in [0.15, 0.2) is 0 Å². The van der Waals surface area contributed by atoms with Gasteiger partial charge >= 0.3 is 0 Å². The predicted octanol–water partition coefficient (Wildman–Crippen LogP) is 2.32. The SMILES string of the molecule is C#CC(C)(C)C#C.COC(C)C. The summed E-state index contributed by atoms with van der Waals surface area (Å²) in [4.78, 5) is 0. The van der Waals surface area contributed by atoms with Gasteiger partial charge in [-0.25, -0.2) is 0 Å². The molecule has 0 saturated heterocycles. The molecule has 0 atom stereocenters. The van der Waals surface area contributed by atoms with Gasteiger partial charge in [-0.05, 0) is 27.7 Å². The number of hydrogen-bond acceptors (Lipinski definition) is 1. The molecule has 0 aromatic carbocycles. The van der Waals surface area contributed by atoms with Crippen molar-refractivity contribution in [1.29, 1.82) is 0 Å². The Bertz CT molecular complexity index is 160. The highest BCUT2D eigenvalue weighted by molar-refractivity contribution is 5.16. The highest BCUT2D eigenvalue weighted by Gasteiger charge is 2.05. The van der Waals surface area contributed by atoms with Crippen molar-refractivity contribution in [2.75, 3.05) is 7.11 Å². The predicted molar refractivity (Wildman–Crippen MR) is 53.6 cm³/mol. The molecule has 1 nitrogen and oxygen atoms in total. The first kappa shape index (κ1) is 13.7. The molecule has 0 bridgehead atoms. The smallest absolute Gasteiger partial charge is 0.0857 e. The van der Waals surface area contributed by atoms with Crippen molar-refractivity contribution in [2.24, 2.45) is 5.41 Å². The van der Waals surface area contributed by atoms with E-state index >= 15 is 0 Å². The van der Waals surface area contributed by atoms with Crippen molar-refractivity contribution < 1.29 is 4.74 Å². The molecule has 0 amide bonds. The van der Waals surface area contributed by atoms with Gasteiger partial charge in [-0.3, -0.25) is 0 Å². The number of ether oxygens (including phenoxy) is 1. The maximum atomic E-state index is 5.02. The van der Waals surface area contributed by atoms with Crippen LogP contribution in [0.4, 0.5) is 0 Å². The molecule has 0 N–H and O–H groups in total. The van der Waals surface area contributed by atoms with Gasteiger partial charge in [-0.1, -0.05) is 11.8 Å². The Morgan fingerprint density at radius 2 is 1.42 bits per heavy atom. The first-order valence-corrected chi connectivity index (χ1v) is 3.88. The quantitative estimate of drug-likeness (QED) is 0.543. The molecule has 0 radical (unpaired) electrons. The molecular formula is C11H18O. The van der Waals surface area contributed by atoms with Gasteiger partial charge < -0.3 is 4.74 Å². The van der Waals surface area contributed by atoms with Crippen LogP contribution in [-0.2, 0) is 4.74 Å². The van der Waals surface area contributed by atoms with Crippen molar-refractivity contribution in [3.63, 3.8) is 0 Å². The molecule has 0 aliphatic rings. The number of methoxy groups -OCH3 is 1. The summed E-state index contributed by atoms with van der Waals surface area (Å²) in [6.45, 7) is 7.65. The lowest BCUT2D eigenvalue weighted by Gasteiger charge is -2.04. The minimum absolute atomic E-state index is 0.361. The minimum Gasteiger partial charge on any atom is -0.382 e. The zero-order valence-electron chi connectivity index (χ0n) is 8.64. The van der Waals surface area contributed by atoms with Crippen LogP contribution in [-0.4, -0.2) is 13.2 Å². The average molecular weight is 166 g/mol. The number of terminal acetylenes is 2. The number of rotatable bonds is 1. The van der Waals surface area contributed by atoms with Crippen LogP contribution in [0.5, 0.6) is 0 Å². The fourth-order valence-corrected chi connectivity index (χ4v) is 0.0417. The van der Waals surface area contributed by atoms with Gasteiger partial charge in [0.2, 0.25) is 0 Å². The van der Waals surface area contributed by atoms with Crippen LogP contribution >= 0.6 is 0 Å². The van der Waals surface area contributed by atoms with Crippen LogP contribution in [0.25, 0.3) is 0 Å². The summed E-state index contributed by atoms with van der Waals surface area (Å²) in [6, 6.07) is 0. The number of hydrogen-bond donors (Lipinski definition) is 0. The van der Waals surface area contributed by atoms with Crippen LogP contribution < -0.4 is 0 Å². The zero-order chi connectivity index (χ0) is 10.2. The van der Waals surface area contributed by atoms with E-state index in [1.165, 1.54) is 0 Å². The van der Waals surface area contributed by atoms with Crippen LogP contribution in [0, 0.1) is 30.1 Å². The van der Waals surface area contributed by atoms with E-state index in [9.17, 15) is 0 Å². The third-order valence-electron chi connectivity index (χ3n) is 1.19. The van der Waals surface area contributed by atoms with E-state index in [1.807, 2.05) is 27.7 Å². The topological polar surface area (TPSA) is 9.23 Å². The van der Waals surface area contributed by atoms with E-state index in [4.69, 9.17) is 17.6 Å². The standard InChI is InChI=1S/C7H8.C4H10O/c1-5-7(3,4)6-2;1-4(2)5-3/h1-2H,3-4H3;4H,1-3H3. The van der Waals surface area contributed by atoms with Crippen molar-refractivity contribution in [3.05, 3.63) is 0 Å². The van der Waals surface area contributed by atoms with Crippen molar-refractivity contribution >= 4 is 0 Å². The van der Waals surface area contributed by atoms with Gasteiger partial charge in [-0.15, -0.1) is 12.8 Å². The molecule has 12 heavy (non-hydrogen) atoms. The maximum absolute atomic E-state index is 5.02. The van der Waals surface area contributed by atoms with Crippen molar-refractivity contribution in [2.45, 2.75) is 33.8 Å². The third kappa shape index (κ3) is 11.8. The molecule has 0 heterocycles. The Hall–Kier alpha value is -0.920. The molecule has 0 aliphatic heterocycles. The summed E-state index contributed by atoms with van der Waals surface area (Å²) in [5.74, 6) is 4.91. The molecule has 0 aromatic heterocycles. The largest absolute Gasteiger partial charge is 0.382 e. The first-order valence-electron chi connectivity index (χ1n) is 3.88. The Labute approximate surface area is 76.5 Å². The van der Waals surface area contributed by atoms with E-state index in [0.29, 0.717) is 6.10 Å². The maximum Gasteiger partial charge on any atom is 0.0857 e. The van der Waals surface area contributed by atoms with Crippen LogP contribution in [0.2, 0.25) is 0 Å². The molecule has 1 heteroatoms. The summed E-state index contributed by atoms with van der Waals surface area (Å²) in [5, 5.41) is 0. The van der Waals surface area contributed by atoms with Crippen molar-refractivity contribution in [1.82, 2.24) is 0 Å². The second kappa shape index (κ2) is 6.77. The molecule has 0 spiro atoms. The summed E-state index contributed by atoms with van der Waals surface area (Å²) in [5.41, 5.74) is -0.361. The van der Waals surface area contributed by atoms with Gasteiger partial charge in [0, 0.05) is 7.11 Å². The Morgan fingerprint density at radius 3 is 1.42 bits per heavy atom. The molecule has 0 aromatic rings. The van der Waals surface area contributed by atoms with E-state index in [2.05, 4.69) is 11.8 Å². The summed E-state index contributed by atoms with van der Waals surface area (Å²) in [6.07, 6.45) is 10.4. The van der Waals surface area contributed by atoms with Gasteiger partial charge in [0.25, 0.3) is 0 Å². The fraction of sp³-hybridized carbons (Fsp3) is 0.636. The lowest BCUT2D eigenvalue weighted by atomic mass is 9.97. The first-order chi connectivity index (χ1) is 5.39. The molecule has 68 valence electrons. The highest BCUT2D eigenvalue weighted by atomic mass is 16.5. The Morgan fingerprint density at radius 1 is 1.17 bits per heavy atom. The Kier molecular flexibility index (Phi) is 7.70. The lowest BCUT2D eigenvalue weighted by molar-refractivity contribution is 0.134. The van der Waals surface area contributed by atoms with Crippen LogP contribution in [0.3, 0.4) is 0 Å². The van der Waals surface area contributed by atoms with Gasteiger partial charge in [0.05, 0.1) is 11.5 Å². The van der Waals surface area contributed by atoms with Gasteiger partial charge in [-0.2, -0.15) is 0 Å². The third-order valence-corrected chi connectivity index (χ3v) is 1.19. The average Bonchev–Trinajstić information content (AvgIpc) is 2.05. The van der Waals surface area contributed by atoms with Crippen LogP contribution in [0.1, 0.15) is 27.7 Å². The fourth-order valence-electron chi connectivity index (χ4n) is 0.0417. The molecular weight excluding hydrogens is 148 g/mol. The molecule has 0 unspecified atom stereocenters. The lowest BCUT2D eigenvalue weighted by Crippen LogP contribution is -2.01. The van der Waals surface area contributed by atoms with Crippen molar-refractivity contribution in [3.8, 4) is 24.7 Å². The molecule has 0 rings (SSSR count). The molecule has 0 aliphatic carbocycles. The summed E-state index contributed by atoms with van der Waals surface area (Å²) >= 11 is 0. The van der Waals surface area contributed by atoms with Gasteiger partial charge in [0.1, 0.15) is 0 Å². The normalized spacial score (nSPS) is 9.33. The minimum atomic E-state index is -0.361. The van der Waals surface area contributed by atoms with Crippen LogP contribution in [0.15, 0.2) is 0 Å². The zero-order valence-corrected chi connectivity index (χ0v) is 8.64. The summed E-state index contributed by atoms with van der Waals surface area (Å²) in [7, 11) is 1.70. The Balaban J connectivity index is 0.